The lowest BCUT2D eigenvalue weighted by atomic mass is 9.75. The molecule has 0 aliphatic heterocycles. The van der Waals surface area contributed by atoms with E-state index in [9.17, 15) is 0 Å². The van der Waals surface area contributed by atoms with E-state index in [0.29, 0.717) is 0 Å². The highest BCUT2D eigenvalue weighted by Crippen LogP contribution is 2.37. The van der Waals surface area contributed by atoms with Crippen LogP contribution in [0, 0.1) is 6.92 Å². The van der Waals surface area contributed by atoms with Crippen LogP contribution in [0.3, 0.4) is 0 Å². The van der Waals surface area contributed by atoms with E-state index in [1.165, 1.54) is 29.5 Å². The zero-order valence-electron chi connectivity index (χ0n) is 10.0. The van der Waals surface area contributed by atoms with Crippen molar-refractivity contribution in [3.63, 3.8) is 0 Å². The smallest absolute Gasteiger partial charge is 0.00757 e. The zero-order chi connectivity index (χ0) is 10.8. The quantitative estimate of drug-likeness (QED) is 0.796. The fourth-order valence-electron chi connectivity index (χ4n) is 2.50. The van der Waals surface area contributed by atoms with Gasteiger partial charge in [0.15, 0.2) is 0 Å². The Morgan fingerprint density at radius 3 is 2.60 bits per heavy atom. The van der Waals surface area contributed by atoms with Crippen LogP contribution in [0.4, 0.5) is 0 Å². The van der Waals surface area contributed by atoms with E-state index in [1.54, 1.807) is 0 Å². The first-order valence-electron chi connectivity index (χ1n) is 6.01. The lowest BCUT2D eigenvalue weighted by Gasteiger charge is -2.35. The normalized spacial score (nSPS) is 25.0. The fourth-order valence-corrected chi connectivity index (χ4v) is 2.50. The minimum atomic E-state index is 0.751. The molecular formula is C14H21N. The van der Waals surface area contributed by atoms with Crippen LogP contribution in [0.15, 0.2) is 18.2 Å². The molecule has 1 aliphatic rings. The van der Waals surface area contributed by atoms with Crippen molar-refractivity contribution in [2.75, 3.05) is 7.05 Å². The van der Waals surface area contributed by atoms with Crippen LogP contribution in [-0.2, 0) is 6.42 Å². The molecule has 0 heterocycles. The number of rotatable bonds is 3. The van der Waals surface area contributed by atoms with Crippen LogP contribution < -0.4 is 5.32 Å². The summed E-state index contributed by atoms with van der Waals surface area (Å²) in [7, 11) is 2.06. The molecule has 0 radical (unpaired) electrons. The third kappa shape index (κ3) is 2.07. The van der Waals surface area contributed by atoms with Gasteiger partial charge < -0.3 is 5.32 Å². The predicted octanol–water partition coefficient (Wildman–Crippen LogP) is 3.02. The first-order chi connectivity index (χ1) is 7.24. The Morgan fingerprint density at radius 2 is 2.07 bits per heavy atom. The third-order valence-electron chi connectivity index (χ3n) is 3.77. The van der Waals surface area contributed by atoms with Crippen molar-refractivity contribution in [2.45, 2.75) is 45.1 Å². The summed E-state index contributed by atoms with van der Waals surface area (Å²) in [6.07, 6.45) is 3.76. The van der Waals surface area contributed by atoms with Gasteiger partial charge in [0.1, 0.15) is 0 Å². The van der Waals surface area contributed by atoms with Gasteiger partial charge in [-0.1, -0.05) is 25.1 Å². The van der Waals surface area contributed by atoms with Gasteiger partial charge in [-0.15, -0.1) is 0 Å². The van der Waals surface area contributed by atoms with Gasteiger partial charge in [-0.05, 0) is 55.8 Å². The van der Waals surface area contributed by atoms with E-state index in [0.717, 1.165) is 18.4 Å². The monoisotopic (exact) mass is 203 g/mol. The highest BCUT2D eigenvalue weighted by atomic mass is 14.9. The molecule has 1 aromatic carbocycles. The maximum atomic E-state index is 3.34. The third-order valence-corrected chi connectivity index (χ3v) is 3.77. The summed E-state index contributed by atoms with van der Waals surface area (Å²) in [6, 6.07) is 7.76. The van der Waals surface area contributed by atoms with Crippen molar-refractivity contribution >= 4 is 0 Å². The van der Waals surface area contributed by atoms with E-state index < -0.39 is 0 Å². The minimum Gasteiger partial charge on any atom is -0.317 e. The maximum Gasteiger partial charge on any atom is 0.00757 e. The van der Waals surface area contributed by atoms with Crippen LogP contribution in [0.1, 0.15) is 42.4 Å². The number of nitrogens with one attached hydrogen (secondary N) is 1. The van der Waals surface area contributed by atoms with Gasteiger partial charge in [-0.3, -0.25) is 0 Å². The summed E-state index contributed by atoms with van der Waals surface area (Å²) in [5, 5.41) is 3.34. The molecule has 2 rings (SSSR count). The van der Waals surface area contributed by atoms with Gasteiger partial charge >= 0.3 is 0 Å². The van der Waals surface area contributed by atoms with Crippen LogP contribution >= 0.6 is 0 Å². The summed E-state index contributed by atoms with van der Waals surface area (Å²) in [6.45, 7) is 4.46. The van der Waals surface area contributed by atoms with Crippen molar-refractivity contribution in [3.8, 4) is 0 Å². The van der Waals surface area contributed by atoms with E-state index in [1.807, 2.05) is 0 Å². The molecule has 1 nitrogen and oxygen atoms in total. The van der Waals surface area contributed by atoms with Crippen molar-refractivity contribution in [1.82, 2.24) is 5.32 Å². The molecule has 82 valence electrons. The summed E-state index contributed by atoms with van der Waals surface area (Å²) in [5.41, 5.74) is 4.49. The topological polar surface area (TPSA) is 12.0 Å². The summed E-state index contributed by atoms with van der Waals surface area (Å²) < 4.78 is 0. The molecule has 0 saturated heterocycles. The highest BCUT2D eigenvalue weighted by molar-refractivity contribution is 5.34. The molecule has 15 heavy (non-hydrogen) atoms. The maximum absolute atomic E-state index is 3.34. The van der Waals surface area contributed by atoms with Gasteiger partial charge in [0.2, 0.25) is 0 Å². The van der Waals surface area contributed by atoms with E-state index in [2.05, 4.69) is 44.4 Å². The first kappa shape index (κ1) is 10.7. The lowest BCUT2D eigenvalue weighted by molar-refractivity contribution is 0.307. The lowest BCUT2D eigenvalue weighted by Crippen LogP contribution is -2.37. The Bertz CT molecular complexity index is 337. The average molecular weight is 203 g/mol. The highest BCUT2D eigenvalue weighted by Gasteiger charge is 2.28. The molecule has 0 atom stereocenters. The molecule has 0 aromatic heterocycles. The number of hydrogen-bond donors (Lipinski definition) is 1. The van der Waals surface area contributed by atoms with Crippen molar-refractivity contribution < 1.29 is 0 Å². The zero-order valence-corrected chi connectivity index (χ0v) is 10.0. The summed E-state index contributed by atoms with van der Waals surface area (Å²) >= 11 is 0. The Kier molecular flexibility index (Phi) is 3.11. The second-order valence-electron chi connectivity index (χ2n) is 4.69. The van der Waals surface area contributed by atoms with Gasteiger partial charge in [0, 0.05) is 6.04 Å². The van der Waals surface area contributed by atoms with Crippen LogP contribution in [0.25, 0.3) is 0 Å². The molecule has 1 aliphatic carbocycles. The van der Waals surface area contributed by atoms with Gasteiger partial charge in [-0.25, -0.2) is 0 Å². The second kappa shape index (κ2) is 4.36. The average Bonchev–Trinajstić information content (AvgIpc) is 2.16. The van der Waals surface area contributed by atoms with Crippen LogP contribution in [-0.4, -0.2) is 13.1 Å². The van der Waals surface area contributed by atoms with E-state index in [-0.39, 0.29) is 0 Å². The number of benzene rings is 1. The molecular weight excluding hydrogens is 182 g/mol. The molecule has 1 heteroatoms. The minimum absolute atomic E-state index is 0.751. The Hall–Kier alpha value is -0.820. The SMILES string of the molecule is CCc1ccc(C2CC(NC)C2)cc1C. The first-order valence-corrected chi connectivity index (χ1v) is 6.01. The fraction of sp³-hybridized carbons (Fsp3) is 0.571. The van der Waals surface area contributed by atoms with E-state index >= 15 is 0 Å². The molecule has 1 N–H and O–H groups in total. The summed E-state index contributed by atoms with van der Waals surface area (Å²) in [5.74, 6) is 0.798. The van der Waals surface area contributed by atoms with Crippen molar-refractivity contribution in [3.05, 3.63) is 34.9 Å². The molecule has 0 bridgehead atoms. The molecule has 0 spiro atoms. The van der Waals surface area contributed by atoms with Gasteiger partial charge in [0.05, 0.1) is 0 Å². The summed E-state index contributed by atoms with van der Waals surface area (Å²) in [4.78, 5) is 0. The predicted molar refractivity (Wildman–Crippen MR) is 65.4 cm³/mol. The largest absolute Gasteiger partial charge is 0.317 e. The molecule has 1 aromatic rings. The van der Waals surface area contributed by atoms with Crippen molar-refractivity contribution in [2.24, 2.45) is 0 Å². The second-order valence-corrected chi connectivity index (χ2v) is 4.69. The van der Waals surface area contributed by atoms with Gasteiger partial charge in [0.25, 0.3) is 0 Å². The van der Waals surface area contributed by atoms with Crippen molar-refractivity contribution in [1.29, 1.82) is 0 Å². The Labute approximate surface area is 92.9 Å². The van der Waals surface area contributed by atoms with Crippen LogP contribution in [0.2, 0.25) is 0 Å². The Balaban J connectivity index is 2.08. The molecule has 1 saturated carbocycles. The Morgan fingerprint density at radius 1 is 1.33 bits per heavy atom. The molecule has 1 fully saturated rings. The number of aryl methyl sites for hydroxylation is 2. The number of hydrogen-bond acceptors (Lipinski definition) is 1. The van der Waals surface area contributed by atoms with Gasteiger partial charge in [-0.2, -0.15) is 0 Å². The van der Waals surface area contributed by atoms with Crippen LogP contribution in [0.5, 0.6) is 0 Å². The van der Waals surface area contributed by atoms with E-state index in [4.69, 9.17) is 0 Å². The molecule has 0 amide bonds. The molecule has 0 unspecified atom stereocenters. The standard InChI is InChI=1S/C14H21N/c1-4-11-5-6-12(7-10(11)2)13-8-14(9-13)15-3/h5-7,13-15H,4,8-9H2,1-3H3.